The van der Waals surface area contributed by atoms with Crippen LogP contribution in [0.25, 0.3) is 0 Å². The molecule has 236 valence electrons. The number of halogens is 12. The average molecular weight is 635 g/mol. The zero-order valence-electron chi connectivity index (χ0n) is 21.6. The van der Waals surface area contributed by atoms with Gasteiger partial charge >= 0.3 is 36.3 Å². The summed E-state index contributed by atoms with van der Waals surface area (Å²) in [6.07, 6.45) is -19.5. The van der Waals surface area contributed by atoms with Gasteiger partial charge < -0.3 is 15.5 Å². The standard InChI is InChI=1S/C22H21F6N3.C4F6O2/c23-21(24,25)14-5-15(22(26,27)28)7-17(6-14)30-16-4-12-2-1-3-31-11-13-9-29-10-19(13)18(8-16)20(12)31;5-3(6,7)1(11)2(12)4(8,9)10/h4-8,13,19,29-30H,1-3,9-11H2;/t13-,19-;/m1./s1. The second-order valence-electron chi connectivity index (χ2n) is 10.2. The SMILES string of the molecule is FC(F)(F)c1cc(Nc2cc3c4c(c2)[C@@H]2CNC[C@@H]2CN4CCC3)cc(C(F)(F)F)c1.O=C(C(=O)C(F)(F)F)C(F)(F)F. The van der Waals surface area contributed by atoms with E-state index in [1.807, 2.05) is 12.1 Å². The molecule has 2 aromatic rings. The van der Waals surface area contributed by atoms with Gasteiger partial charge in [-0.05, 0) is 60.2 Å². The van der Waals surface area contributed by atoms with Crippen molar-refractivity contribution in [1.29, 1.82) is 0 Å². The van der Waals surface area contributed by atoms with Crippen LogP contribution >= 0.6 is 0 Å². The van der Waals surface area contributed by atoms with Gasteiger partial charge in [0, 0.05) is 49.2 Å². The Balaban J connectivity index is 0.000000301. The maximum Gasteiger partial charge on any atom is 0.458 e. The molecule has 0 aliphatic carbocycles. The van der Waals surface area contributed by atoms with E-state index in [1.54, 1.807) is 0 Å². The molecule has 0 saturated carbocycles. The predicted molar refractivity (Wildman–Crippen MR) is 128 cm³/mol. The monoisotopic (exact) mass is 635 g/mol. The minimum atomic E-state index is -5.77. The molecule has 0 spiro atoms. The van der Waals surface area contributed by atoms with Crippen molar-refractivity contribution in [3.05, 3.63) is 52.6 Å². The largest absolute Gasteiger partial charge is 0.458 e. The van der Waals surface area contributed by atoms with E-state index in [9.17, 15) is 62.3 Å². The number of hydrogen-bond acceptors (Lipinski definition) is 5. The Hall–Kier alpha value is -3.50. The highest BCUT2D eigenvalue weighted by Gasteiger charge is 2.54. The molecule has 2 atom stereocenters. The number of carbonyl (C=O) groups is 2. The maximum atomic E-state index is 13.2. The van der Waals surface area contributed by atoms with E-state index in [0.29, 0.717) is 17.5 Å². The Morgan fingerprint density at radius 2 is 1.28 bits per heavy atom. The molecule has 2 N–H and O–H groups in total. The van der Waals surface area contributed by atoms with Gasteiger partial charge in [0.25, 0.3) is 0 Å². The van der Waals surface area contributed by atoms with Crippen LogP contribution in [0, 0.1) is 5.92 Å². The Morgan fingerprint density at radius 1 is 0.744 bits per heavy atom. The molecule has 0 aromatic heterocycles. The van der Waals surface area contributed by atoms with E-state index < -0.39 is 47.4 Å². The van der Waals surface area contributed by atoms with Crippen molar-refractivity contribution in [2.75, 3.05) is 36.4 Å². The summed E-state index contributed by atoms with van der Waals surface area (Å²) in [5, 5.41) is 6.24. The fraction of sp³-hybridized carbons (Fsp3) is 0.462. The molecule has 3 aliphatic rings. The first kappa shape index (κ1) is 32.4. The molecule has 43 heavy (non-hydrogen) atoms. The lowest BCUT2D eigenvalue weighted by Gasteiger charge is -2.42. The lowest BCUT2D eigenvalue weighted by Crippen LogP contribution is -2.41. The van der Waals surface area contributed by atoms with E-state index >= 15 is 0 Å². The molecule has 5 rings (SSSR count). The summed E-state index contributed by atoms with van der Waals surface area (Å²) >= 11 is 0. The number of alkyl halides is 12. The van der Waals surface area contributed by atoms with Crippen LogP contribution in [0.3, 0.4) is 0 Å². The van der Waals surface area contributed by atoms with E-state index in [0.717, 1.165) is 62.3 Å². The summed E-state index contributed by atoms with van der Waals surface area (Å²) in [6.45, 7) is 3.69. The summed E-state index contributed by atoms with van der Waals surface area (Å²) in [5.41, 5.74) is 1.07. The van der Waals surface area contributed by atoms with Gasteiger partial charge in [0.15, 0.2) is 0 Å². The Bertz CT molecular complexity index is 1340. The molecule has 1 fully saturated rings. The van der Waals surface area contributed by atoms with Gasteiger partial charge in [-0.15, -0.1) is 0 Å². The van der Waals surface area contributed by atoms with Crippen LogP contribution in [0.15, 0.2) is 30.3 Å². The van der Waals surface area contributed by atoms with Crippen molar-refractivity contribution in [3.63, 3.8) is 0 Å². The number of fused-ring (bicyclic) bond motifs is 2. The number of nitrogens with zero attached hydrogens (tertiary/aromatic N) is 1. The molecular formula is C26H21F12N3O2. The zero-order valence-corrected chi connectivity index (χ0v) is 21.6. The van der Waals surface area contributed by atoms with Crippen LogP contribution < -0.4 is 15.5 Å². The average Bonchev–Trinajstić information content (AvgIpc) is 3.35. The van der Waals surface area contributed by atoms with Gasteiger partial charge in [0.1, 0.15) is 0 Å². The number of rotatable bonds is 3. The fourth-order valence-corrected chi connectivity index (χ4v) is 5.43. The van der Waals surface area contributed by atoms with E-state index in [1.165, 1.54) is 5.69 Å². The van der Waals surface area contributed by atoms with E-state index in [4.69, 9.17) is 0 Å². The van der Waals surface area contributed by atoms with Gasteiger partial charge in [0.05, 0.1) is 11.1 Å². The lowest BCUT2D eigenvalue weighted by atomic mass is 9.80. The topological polar surface area (TPSA) is 61.4 Å². The molecule has 1 saturated heterocycles. The second kappa shape index (κ2) is 11.2. The Kier molecular flexibility index (Phi) is 8.45. The first-order valence-electron chi connectivity index (χ1n) is 12.6. The predicted octanol–water partition coefficient (Wildman–Crippen LogP) is 6.79. The number of hydrogen-bond donors (Lipinski definition) is 2. The molecule has 3 aliphatic heterocycles. The number of nitrogens with one attached hydrogen (secondary N) is 2. The molecule has 0 amide bonds. The van der Waals surface area contributed by atoms with E-state index in [2.05, 4.69) is 15.5 Å². The second-order valence-corrected chi connectivity index (χ2v) is 10.2. The smallest absolute Gasteiger partial charge is 0.371 e. The van der Waals surface area contributed by atoms with Crippen LogP contribution in [0.2, 0.25) is 0 Å². The first-order chi connectivity index (χ1) is 19.7. The maximum absolute atomic E-state index is 13.2. The van der Waals surface area contributed by atoms with Gasteiger partial charge in [0.2, 0.25) is 0 Å². The molecular weight excluding hydrogens is 614 g/mol. The molecule has 5 nitrogen and oxygen atoms in total. The molecule has 0 unspecified atom stereocenters. The zero-order chi connectivity index (χ0) is 32.1. The van der Waals surface area contributed by atoms with Crippen LogP contribution in [-0.4, -0.2) is 50.1 Å². The van der Waals surface area contributed by atoms with Crippen LogP contribution in [0.5, 0.6) is 0 Å². The van der Waals surface area contributed by atoms with Gasteiger partial charge in [-0.3, -0.25) is 9.59 Å². The summed E-state index contributed by atoms with van der Waals surface area (Å²) in [4.78, 5) is 21.6. The third kappa shape index (κ3) is 7.18. The summed E-state index contributed by atoms with van der Waals surface area (Å²) in [7, 11) is 0. The summed E-state index contributed by atoms with van der Waals surface area (Å²) in [5.74, 6) is -6.05. The van der Waals surface area contributed by atoms with Crippen molar-refractivity contribution >= 4 is 28.6 Å². The van der Waals surface area contributed by atoms with Gasteiger partial charge in [-0.2, -0.15) is 52.7 Å². The molecule has 0 bridgehead atoms. The third-order valence-corrected chi connectivity index (χ3v) is 7.20. The summed E-state index contributed by atoms with van der Waals surface area (Å²) in [6, 6.07) is 5.36. The highest BCUT2D eigenvalue weighted by molar-refractivity contribution is 6.41. The number of Topliss-reactive ketones (excluding diaryl/α,β-unsaturated/α-hetero) is 2. The number of benzene rings is 2. The van der Waals surface area contributed by atoms with Crippen LogP contribution in [-0.2, 0) is 28.4 Å². The quantitative estimate of drug-likeness (QED) is 0.288. The molecule has 3 heterocycles. The van der Waals surface area contributed by atoms with Crippen LogP contribution in [0.1, 0.15) is 34.6 Å². The number of aryl methyl sites for hydroxylation is 1. The highest BCUT2D eigenvalue weighted by Crippen LogP contribution is 2.46. The third-order valence-electron chi connectivity index (χ3n) is 7.20. The van der Waals surface area contributed by atoms with Crippen molar-refractivity contribution in [2.45, 2.75) is 43.5 Å². The lowest BCUT2D eigenvalue weighted by molar-refractivity contribution is -0.193. The Morgan fingerprint density at radius 3 is 1.79 bits per heavy atom. The number of anilines is 3. The minimum absolute atomic E-state index is 0.147. The van der Waals surface area contributed by atoms with Crippen molar-refractivity contribution in [1.82, 2.24) is 5.32 Å². The minimum Gasteiger partial charge on any atom is -0.371 e. The molecule has 2 aromatic carbocycles. The van der Waals surface area contributed by atoms with Crippen molar-refractivity contribution in [2.24, 2.45) is 5.92 Å². The fourth-order valence-electron chi connectivity index (χ4n) is 5.43. The van der Waals surface area contributed by atoms with Crippen molar-refractivity contribution < 1.29 is 62.3 Å². The molecule has 17 heteroatoms. The van der Waals surface area contributed by atoms with Gasteiger partial charge in [-0.1, -0.05) is 0 Å². The number of carbonyl (C=O) groups excluding carboxylic acids is 2. The first-order valence-corrected chi connectivity index (χ1v) is 12.6. The number of ketones is 2. The van der Waals surface area contributed by atoms with Crippen molar-refractivity contribution in [3.8, 4) is 0 Å². The van der Waals surface area contributed by atoms with Gasteiger partial charge in [-0.25, -0.2) is 0 Å². The Labute approximate surface area is 235 Å². The summed E-state index contributed by atoms with van der Waals surface area (Å²) < 4.78 is 146. The van der Waals surface area contributed by atoms with Crippen LogP contribution in [0.4, 0.5) is 69.7 Å². The normalized spacial score (nSPS) is 20.0. The molecule has 0 radical (unpaired) electrons. The van der Waals surface area contributed by atoms with E-state index in [-0.39, 0.29) is 11.8 Å². The highest BCUT2D eigenvalue weighted by atomic mass is 19.4.